The molecule has 0 bridgehead atoms. The van der Waals surface area contributed by atoms with Gasteiger partial charge in [0.25, 0.3) is 0 Å². The van der Waals surface area contributed by atoms with Gasteiger partial charge in [-0.15, -0.1) is 0 Å². The molecule has 0 unspecified atom stereocenters. The van der Waals surface area contributed by atoms with Gasteiger partial charge in [0.2, 0.25) is 0 Å². The summed E-state index contributed by atoms with van der Waals surface area (Å²) in [5, 5.41) is 6.79. The highest BCUT2D eigenvalue weighted by atomic mass is 15.1. The van der Waals surface area contributed by atoms with Crippen LogP contribution in [0.2, 0.25) is 0 Å². The molecular formula is C13H16N6. The number of aromatic amines is 1. The lowest BCUT2D eigenvalue weighted by Crippen LogP contribution is -2.00. The molecule has 0 fully saturated rings. The molecule has 0 saturated carbocycles. The van der Waals surface area contributed by atoms with Crippen LogP contribution in [0.15, 0.2) is 24.8 Å². The minimum absolute atomic E-state index is 0.578. The van der Waals surface area contributed by atoms with Gasteiger partial charge in [-0.3, -0.25) is 5.10 Å². The van der Waals surface area contributed by atoms with E-state index in [1.54, 1.807) is 12.4 Å². The van der Waals surface area contributed by atoms with Gasteiger partial charge in [0.05, 0.1) is 18.1 Å². The van der Waals surface area contributed by atoms with Crippen LogP contribution in [0.1, 0.15) is 19.5 Å². The van der Waals surface area contributed by atoms with Gasteiger partial charge in [-0.2, -0.15) is 5.10 Å². The standard InChI is InChI=1S/C13H16N6/c1-8(2)3-9-4-16-12-6-15-11(7-19(9)12)13-10(14)5-17-18-13/h4-8H,3,14H2,1-2H3,(H,17,18). The van der Waals surface area contributed by atoms with Crippen LogP contribution in [0.25, 0.3) is 17.0 Å². The average molecular weight is 256 g/mol. The van der Waals surface area contributed by atoms with E-state index in [0.717, 1.165) is 23.5 Å². The van der Waals surface area contributed by atoms with Crippen molar-refractivity contribution >= 4 is 11.3 Å². The highest BCUT2D eigenvalue weighted by Gasteiger charge is 2.10. The predicted octanol–water partition coefficient (Wildman–Crippen LogP) is 1.90. The van der Waals surface area contributed by atoms with Crippen molar-refractivity contribution in [3.8, 4) is 11.4 Å². The molecular weight excluding hydrogens is 240 g/mol. The molecule has 3 heterocycles. The number of imidazole rings is 1. The van der Waals surface area contributed by atoms with Crippen molar-refractivity contribution in [1.29, 1.82) is 0 Å². The van der Waals surface area contributed by atoms with Crippen LogP contribution in [0.4, 0.5) is 5.69 Å². The second-order valence-electron chi connectivity index (χ2n) is 5.05. The van der Waals surface area contributed by atoms with Gasteiger partial charge in [0.15, 0.2) is 5.65 Å². The van der Waals surface area contributed by atoms with Crippen LogP contribution in [0.5, 0.6) is 0 Å². The lowest BCUT2D eigenvalue weighted by molar-refractivity contribution is 0.632. The summed E-state index contributed by atoms with van der Waals surface area (Å²) >= 11 is 0. The van der Waals surface area contributed by atoms with Crippen molar-refractivity contribution in [2.45, 2.75) is 20.3 Å². The fourth-order valence-corrected chi connectivity index (χ4v) is 2.14. The molecule has 3 N–H and O–H groups in total. The Morgan fingerprint density at radius 2 is 2.11 bits per heavy atom. The summed E-state index contributed by atoms with van der Waals surface area (Å²) in [7, 11) is 0. The fourth-order valence-electron chi connectivity index (χ4n) is 2.14. The number of H-pyrrole nitrogens is 1. The Labute approximate surface area is 110 Å². The largest absolute Gasteiger partial charge is 0.396 e. The van der Waals surface area contributed by atoms with E-state index in [1.807, 2.05) is 12.4 Å². The highest BCUT2D eigenvalue weighted by molar-refractivity contribution is 5.68. The van der Waals surface area contributed by atoms with Crippen LogP contribution in [0, 0.1) is 5.92 Å². The Bertz CT molecular complexity index is 709. The number of anilines is 1. The Kier molecular flexibility index (Phi) is 2.70. The zero-order valence-corrected chi connectivity index (χ0v) is 11.0. The topological polar surface area (TPSA) is 84.9 Å². The van der Waals surface area contributed by atoms with Crippen molar-refractivity contribution in [3.05, 3.63) is 30.5 Å². The summed E-state index contributed by atoms with van der Waals surface area (Å²) in [4.78, 5) is 8.73. The first-order valence-corrected chi connectivity index (χ1v) is 6.26. The van der Waals surface area contributed by atoms with Crippen molar-refractivity contribution in [2.75, 3.05) is 5.73 Å². The van der Waals surface area contributed by atoms with Crippen LogP contribution in [-0.4, -0.2) is 24.6 Å². The number of aromatic nitrogens is 5. The van der Waals surface area contributed by atoms with Gasteiger partial charge >= 0.3 is 0 Å². The Morgan fingerprint density at radius 1 is 1.26 bits per heavy atom. The molecule has 6 nitrogen and oxygen atoms in total. The first-order valence-electron chi connectivity index (χ1n) is 6.26. The number of rotatable bonds is 3. The smallest absolute Gasteiger partial charge is 0.155 e. The molecule has 3 rings (SSSR count). The van der Waals surface area contributed by atoms with Gasteiger partial charge < -0.3 is 10.1 Å². The molecule has 0 atom stereocenters. The second kappa shape index (κ2) is 4.38. The van der Waals surface area contributed by atoms with E-state index in [9.17, 15) is 0 Å². The number of fused-ring (bicyclic) bond motifs is 1. The minimum atomic E-state index is 0.578. The van der Waals surface area contributed by atoms with Gasteiger partial charge in [-0.25, -0.2) is 9.97 Å². The molecule has 0 aliphatic carbocycles. The number of nitrogen functional groups attached to an aromatic ring is 1. The number of nitrogens with two attached hydrogens (primary N) is 1. The van der Waals surface area contributed by atoms with Gasteiger partial charge in [0, 0.05) is 18.1 Å². The van der Waals surface area contributed by atoms with E-state index in [4.69, 9.17) is 5.73 Å². The quantitative estimate of drug-likeness (QED) is 0.749. The van der Waals surface area contributed by atoms with Gasteiger partial charge in [-0.05, 0) is 12.3 Å². The monoisotopic (exact) mass is 256 g/mol. The molecule has 0 saturated heterocycles. The predicted molar refractivity (Wildman–Crippen MR) is 73.5 cm³/mol. The van der Waals surface area contributed by atoms with Crippen molar-refractivity contribution in [1.82, 2.24) is 24.6 Å². The zero-order valence-electron chi connectivity index (χ0n) is 11.0. The molecule has 0 spiro atoms. The molecule has 0 amide bonds. The van der Waals surface area contributed by atoms with Gasteiger partial charge in [-0.1, -0.05) is 13.8 Å². The molecule has 0 aliphatic heterocycles. The number of hydrogen-bond donors (Lipinski definition) is 2. The summed E-state index contributed by atoms with van der Waals surface area (Å²) < 4.78 is 2.06. The first-order chi connectivity index (χ1) is 9.15. The van der Waals surface area contributed by atoms with E-state index >= 15 is 0 Å². The van der Waals surface area contributed by atoms with Crippen LogP contribution in [-0.2, 0) is 6.42 Å². The molecule has 3 aromatic rings. The summed E-state index contributed by atoms with van der Waals surface area (Å²) in [6.45, 7) is 4.38. The van der Waals surface area contributed by atoms with E-state index in [2.05, 4.69) is 38.4 Å². The first kappa shape index (κ1) is 11.7. The van der Waals surface area contributed by atoms with Gasteiger partial charge in [0.1, 0.15) is 11.4 Å². The SMILES string of the molecule is CC(C)Cc1cnc2cnc(-c3[nH]ncc3N)cn12. The molecule has 0 aromatic carbocycles. The molecule has 19 heavy (non-hydrogen) atoms. The summed E-state index contributed by atoms with van der Waals surface area (Å²) in [5.41, 5.74) is 9.98. The fraction of sp³-hybridized carbons (Fsp3) is 0.308. The highest BCUT2D eigenvalue weighted by Crippen LogP contribution is 2.21. The lowest BCUT2D eigenvalue weighted by Gasteiger charge is -2.06. The molecule has 0 aliphatic rings. The third-order valence-corrected chi connectivity index (χ3v) is 3.01. The third-order valence-electron chi connectivity index (χ3n) is 3.01. The summed E-state index contributed by atoms with van der Waals surface area (Å²) in [6, 6.07) is 0. The maximum atomic E-state index is 5.85. The normalized spacial score (nSPS) is 11.5. The van der Waals surface area contributed by atoms with Crippen molar-refractivity contribution < 1.29 is 0 Å². The molecule has 6 heteroatoms. The number of nitrogens with zero attached hydrogens (tertiary/aromatic N) is 4. The van der Waals surface area contributed by atoms with Crippen LogP contribution in [0.3, 0.4) is 0 Å². The van der Waals surface area contributed by atoms with E-state index in [0.29, 0.717) is 11.6 Å². The Balaban J connectivity index is 2.11. The van der Waals surface area contributed by atoms with E-state index in [1.165, 1.54) is 5.69 Å². The zero-order chi connectivity index (χ0) is 13.4. The Morgan fingerprint density at radius 3 is 2.79 bits per heavy atom. The lowest BCUT2D eigenvalue weighted by atomic mass is 10.1. The summed E-state index contributed by atoms with van der Waals surface area (Å²) in [5.74, 6) is 0.578. The van der Waals surface area contributed by atoms with Crippen LogP contribution >= 0.6 is 0 Å². The van der Waals surface area contributed by atoms with Crippen molar-refractivity contribution in [3.63, 3.8) is 0 Å². The third kappa shape index (κ3) is 2.05. The minimum Gasteiger partial charge on any atom is -0.396 e. The number of hydrogen-bond acceptors (Lipinski definition) is 4. The number of nitrogens with one attached hydrogen (secondary N) is 1. The second-order valence-corrected chi connectivity index (χ2v) is 5.05. The summed E-state index contributed by atoms with van der Waals surface area (Å²) in [6.07, 6.45) is 8.16. The van der Waals surface area contributed by atoms with Crippen molar-refractivity contribution in [2.24, 2.45) is 5.92 Å². The molecule has 0 radical (unpaired) electrons. The average Bonchev–Trinajstić information content (AvgIpc) is 2.95. The maximum absolute atomic E-state index is 5.85. The van der Waals surface area contributed by atoms with E-state index in [-0.39, 0.29) is 0 Å². The Hall–Kier alpha value is -2.37. The van der Waals surface area contributed by atoms with E-state index < -0.39 is 0 Å². The van der Waals surface area contributed by atoms with Crippen LogP contribution < -0.4 is 5.73 Å². The maximum Gasteiger partial charge on any atom is 0.155 e. The molecule has 98 valence electrons. The molecule has 3 aromatic heterocycles.